The number of nitrogens with zero attached hydrogens (tertiary/aromatic N) is 1. The highest BCUT2D eigenvalue weighted by Crippen LogP contribution is 2.25. The van der Waals surface area contributed by atoms with Crippen LogP contribution in [-0.4, -0.2) is 49.7 Å². The Kier molecular flexibility index (Phi) is 5.58. The second-order valence-electron chi connectivity index (χ2n) is 4.03. The number of ether oxygens (including phenoxy) is 2. The number of methoxy groups -OCH3 is 2. The molecule has 0 spiro atoms. The minimum Gasteiger partial charge on any atom is -0.497 e. The van der Waals surface area contributed by atoms with Gasteiger partial charge in [-0.1, -0.05) is 0 Å². The van der Waals surface area contributed by atoms with E-state index < -0.39 is 11.9 Å². The van der Waals surface area contributed by atoms with Gasteiger partial charge in [0.1, 0.15) is 18.0 Å². The van der Waals surface area contributed by atoms with Gasteiger partial charge in [-0.25, -0.2) is 0 Å². The van der Waals surface area contributed by atoms with Gasteiger partial charge < -0.3 is 19.5 Å². The fraction of sp³-hybridized carbons (Fsp3) is 0.286. The number of hydrogen-bond donors (Lipinski definition) is 1. The molecule has 108 valence electrons. The third kappa shape index (κ3) is 4.31. The first-order chi connectivity index (χ1) is 9.47. The van der Waals surface area contributed by atoms with E-state index in [0.717, 1.165) is 4.90 Å². The van der Waals surface area contributed by atoms with E-state index in [0.29, 0.717) is 17.1 Å². The van der Waals surface area contributed by atoms with Crippen LogP contribution >= 0.6 is 0 Å². The van der Waals surface area contributed by atoms with E-state index in [9.17, 15) is 9.59 Å². The van der Waals surface area contributed by atoms with Crippen LogP contribution < -0.4 is 9.47 Å². The zero-order valence-corrected chi connectivity index (χ0v) is 11.6. The number of hydrogen-bond acceptors (Lipinski definition) is 4. The number of rotatable bonds is 6. The Balaban J connectivity index is 2.88. The van der Waals surface area contributed by atoms with E-state index in [2.05, 4.69) is 0 Å². The fourth-order valence-corrected chi connectivity index (χ4v) is 1.54. The summed E-state index contributed by atoms with van der Waals surface area (Å²) in [5, 5.41) is 8.61. The van der Waals surface area contributed by atoms with Gasteiger partial charge in [0.25, 0.3) is 0 Å². The minimum absolute atomic E-state index is 0.349. The summed E-state index contributed by atoms with van der Waals surface area (Å²) >= 11 is 0. The average molecular weight is 279 g/mol. The zero-order valence-electron chi connectivity index (χ0n) is 11.6. The molecular formula is C14H17NO5. The molecular weight excluding hydrogens is 262 g/mol. The van der Waals surface area contributed by atoms with Gasteiger partial charge >= 0.3 is 5.97 Å². The lowest BCUT2D eigenvalue weighted by Gasteiger charge is -2.11. The topological polar surface area (TPSA) is 76.1 Å². The van der Waals surface area contributed by atoms with Crippen molar-refractivity contribution >= 4 is 18.0 Å². The maximum atomic E-state index is 11.7. The summed E-state index contributed by atoms with van der Waals surface area (Å²) < 4.78 is 10.3. The lowest BCUT2D eigenvalue weighted by atomic mass is 10.1. The summed E-state index contributed by atoms with van der Waals surface area (Å²) in [5.74, 6) is -0.238. The molecule has 0 heterocycles. The molecule has 0 saturated carbocycles. The van der Waals surface area contributed by atoms with Crippen LogP contribution in [0.25, 0.3) is 6.08 Å². The van der Waals surface area contributed by atoms with Gasteiger partial charge in [0.2, 0.25) is 5.91 Å². The fourth-order valence-electron chi connectivity index (χ4n) is 1.54. The molecule has 0 bridgehead atoms. The molecule has 1 N–H and O–H groups in total. The van der Waals surface area contributed by atoms with Crippen molar-refractivity contribution in [2.45, 2.75) is 0 Å². The van der Waals surface area contributed by atoms with Gasteiger partial charge in [-0.3, -0.25) is 9.59 Å². The van der Waals surface area contributed by atoms with Crippen molar-refractivity contribution in [1.29, 1.82) is 0 Å². The summed E-state index contributed by atoms with van der Waals surface area (Å²) in [7, 11) is 4.49. The van der Waals surface area contributed by atoms with Crippen LogP contribution in [0.4, 0.5) is 0 Å². The smallest absolute Gasteiger partial charge is 0.323 e. The summed E-state index contributed by atoms with van der Waals surface area (Å²) in [4.78, 5) is 23.3. The average Bonchev–Trinajstić information content (AvgIpc) is 2.43. The Morgan fingerprint density at radius 2 is 2.00 bits per heavy atom. The number of benzene rings is 1. The van der Waals surface area contributed by atoms with E-state index in [1.807, 2.05) is 0 Å². The van der Waals surface area contributed by atoms with Gasteiger partial charge in [-0.2, -0.15) is 0 Å². The standard InChI is InChI=1S/C14H17NO5/c1-15(9-14(17)18)13(16)7-4-10-8-11(19-2)5-6-12(10)20-3/h4-8H,9H2,1-3H3,(H,17,18)/b7-4+. The lowest BCUT2D eigenvalue weighted by Crippen LogP contribution is -2.30. The Hall–Kier alpha value is -2.50. The Morgan fingerprint density at radius 3 is 2.55 bits per heavy atom. The number of likely N-dealkylation sites (N-methyl/N-ethyl adjacent to an activating group) is 1. The van der Waals surface area contributed by atoms with Gasteiger partial charge in [0.05, 0.1) is 14.2 Å². The first kappa shape index (κ1) is 15.6. The van der Waals surface area contributed by atoms with Crippen molar-refractivity contribution in [3.05, 3.63) is 29.8 Å². The third-order valence-electron chi connectivity index (χ3n) is 2.59. The van der Waals surface area contributed by atoms with E-state index in [1.165, 1.54) is 20.2 Å². The molecule has 1 aromatic rings. The maximum absolute atomic E-state index is 11.7. The van der Waals surface area contributed by atoms with Crippen molar-refractivity contribution < 1.29 is 24.2 Å². The molecule has 1 rings (SSSR count). The van der Waals surface area contributed by atoms with Gasteiger partial charge in [-0.15, -0.1) is 0 Å². The largest absolute Gasteiger partial charge is 0.497 e. The van der Waals surface area contributed by atoms with Crippen molar-refractivity contribution in [3.63, 3.8) is 0 Å². The summed E-state index contributed by atoms with van der Waals surface area (Å²) in [6, 6.07) is 5.19. The first-order valence-electron chi connectivity index (χ1n) is 5.85. The van der Waals surface area contributed by atoms with Crippen LogP contribution in [0.1, 0.15) is 5.56 Å². The first-order valence-corrected chi connectivity index (χ1v) is 5.85. The summed E-state index contributed by atoms with van der Waals surface area (Å²) in [6.07, 6.45) is 2.85. The molecule has 6 nitrogen and oxygen atoms in total. The molecule has 0 aliphatic rings. The highest BCUT2D eigenvalue weighted by Gasteiger charge is 2.09. The Morgan fingerprint density at radius 1 is 1.30 bits per heavy atom. The van der Waals surface area contributed by atoms with Crippen LogP contribution in [0.15, 0.2) is 24.3 Å². The minimum atomic E-state index is -1.06. The number of carboxylic acids is 1. The molecule has 0 unspecified atom stereocenters. The molecule has 0 aromatic heterocycles. The number of carbonyl (C=O) groups is 2. The molecule has 20 heavy (non-hydrogen) atoms. The molecule has 0 atom stereocenters. The van der Waals surface area contributed by atoms with E-state index >= 15 is 0 Å². The van der Waals surface area contributed by atoms with Crippen molar-refractivity contribution in [2.24, 2.45) is 0 Å². The molecule has 0 fully saturated rings. The van der Waals surface area contributed by atoms with Crippen LogP contribution in [0.5, 0.6) is 11.5 Å². The highest BCUT2D eigenvalue weighted by atomic mass is 16.5. The molecule has 0 aliphatic heterocycles. The van der Waals surface area contributed by atoms with Crippen LogP contribution in [0, 0.1) is 0 Å². The zero-order chi connectivity index (χ0) is 15.1. The van der Waals surface area contributed by atoms with E-state index in [4.69, 9.17) is 14.6 Å². The number of carboxylic acid groups (broad SMARTS) is 1. The predicted molar refractivity (Wildman–Crippen MR) is 73.9 cm³/mol. The number of amides is 1. The molecule has 0 radical (unpaired) electrons. The molecule has 6 heteroatoms. The second kappa shape index (κ2) is 7.18. The summed E-state index contributed by atoms with van der Waals surface area (Å²) in [6.45, 7) is -0.349. The van der Waals surface area contributed by atoms with E-state index in [-0.39, 0.29) is 6.54 Å². The Bertz CT molecular complexity index is 524. The van der Waals surface area contributed by atoms with Crippen LogP contribution in [0.2, 0.25) is 0 Å². The van der Waals surface area contributed by atoms with Crippen molar-refractivity contribution in [1.82, 2.24) is 4.90 Å². The predicted octanol–water partition coefficient (Wildman–Crippen LogP) is 1.26. The molecule has 0 saturated heterocycles. The second-order valence-corrected chi connectivity index (χ2v) is 4.03. The van der Waals surface area contributed by atoms with Gasteiger partial charge in [-0.05, 0) is 24.3 Å². The monoisotopic (exact) mass is 279 g/mol. The normalized spacial score (nSPS) is 10.3. The number of aliphatic carboxylic acids is 1. The molecule has 1 aromatic carbocycles. The SMILES string of the molecule is COc1ccc(OC)c(/C=C/C(=O)N(C)CC(=O)O)c1. The molecule has 0 aliphatic carbocycles. The summed E-state index contributed by atoms with van der Waals surface area (Å²) in [5.41, 5.74) is 0.670. The third-order valence-corrected chi connectivity index (χ3v) is 2.59. The van der Waals surface area contributed by atoms with Crippen molar-refractivity contribution in [2.75, 3.05) is 27.8 Å². The lowest BCUT2D eigenvalue weighted by molar-refractivity contribution is -0.141. The van der Waals surface area contributed by atoms with Gasteiger partial charge in [0, 0.05) is 18.7 Å². The highest BCUT2D eigenvalue weighted by molar-refractivity contribution is 5.93. The van der Waals surface area contributed by atoms with Gasteiger partial charge in [0.15, 0.2) is 0 Å². The number of carbonyl (C=O) groups excluding carboxylic acids is 1. The Labute approximate surface area is 117 Å². The maximum Gasteiger partial charge on any atom is 0.323 e. The van der Waals surface area contributed by atoms with Crippen LogP contribution in [0.3, 0.4) is 0 Å². The molecule has 1 amide bonds. The quantitative estimate of drug-likeness (QED) is 0.793. The van der Waals surface area contributed by atoms with Crippen molar-refractivity contribution in [3.8, 4) is 11.5 Å². The van der Waals surface area contributed by atoms with Crippen LogP contribution in [-0.2, 0) is 9.59 Å². The van der Waals surface area contributed by atoms with E-state index in [1.54, 1.807) is 31.4 Å².